The van der Waals surface area contributed by atoms with E-state index in [4.69, 9.17) is 16.4 Å². The minimum atomic E-state index is -0.188. The van der Waals surface area contributed by atoms with Gasteiger partial charge in [0.05, 0.1) is 18.2 Å². The normalized spacial score (nSPS) is 18.7. The van der Waals surface area contributed by atoms with Crippen molar-refractivity contribution >= 4 is 5.82 Å². The van der Waals surface area contributed by atoms with E-state index in [0.29, 0.717) is 36.6 Å². The Balaban J connectivity index is 1.87. The smallest absolute Gasteiger partial charge is 0.190 e. The number of anilines is 1. The Morgan fingerprint density at radius 2 is 2.13 bits per heavy atom. The molecule has 0 spiro atoms. The van der Waals surface area contributed by atoms with Gasteiger partial charge in [0.15, 0.2) is 11.3 Å². The maximum Gasteiger partial charge on any atom is 0.190 e. The van der Waals surface area contributed by atoms with Gasteiger partial charge < -0.3 is 21.3 Å². The number of nitrogens with zero attached hydrogens (tertiary/aromatic N) is 5. The zero-order valence-electron chi connectivity index (χ0n) is 12.5. The average molecular weight is 311 g/mol. The van der Waals surface area contributed by atoms with E-state index in [2.05, 4.69) is 21.2 Å². The highest BCUT2D eigenvalue weighted by Crippen LogP contribution is 2.26. The summed E-state index contributed by atoms with van der Waals surface area (Å²) >= 11 is 0. The van der Waals surface area contributed by atoms with E-state index < -0.39 is 0 Å². The van der Waals surface area contributed by atoms with Crippen LogP contribution in [0, 0.1) is 11.3 Å². The molecule has 0 bridgehead atoms. The average Bonchev–Trinajstić information content (AvgIpc) is 2.61. The monoisotopic (exact) mass is 311 g/mol. The van der Waals surface area contributed by atoms with Crippen LogP contribution < -0.4 is 22.1 Å². The van der Waals surface area contributed by atoms with Crippen LogP contribution in [0.2, 0.25) is 0 Å². The first-order chi connectivity index (χ1) is 11.2. The number of benzene rings is 1. The van der Waals surface area contributed by atoms with E-state index in [1.54, 1.807) is 12.1 Å². The van der Waals surface area contributed by atoms with Crippen LogP contribution in [0.15, 0.2) is 41.5 Å². The van der Waals surface area contributed by atoms with Gasteiger partial charge in [-0.1, -0.05) is 18.2 Å². The van der Waals surface area contributed by atoms with Gasteiger partial charge in [-0.25, -0.2) is 0 Å². The molecule has 2 heterocycles. The Morgan fingerprint density at radius 3 is 2.87 bits per heavy atom. The molecule has 1 fully saturated rings. The van der Waals surface area contributed by atoms with Crippen LogP contribution in [0.25, 0.3) is 0 Å². The van der Waals surface area contributed by atoms with Crippen molar-refractivity contribution in [1.82, 2.24) is 9.89 Å². The summed E-state index contributed by atoms with van der Waals surface area (Å²) in [4.78, 5) is 3.20. The van der Waals surface area contributed by atoms with Gasteiger partial charge >= 0.3 is 0 Å². The lowest BCUT2D eigenvalue weighted by atomic mass is 10.0. The van der Waals surface area contributed by atoms with E-state index in [1.807, 2.05) is 24.3 Å². The molecule has 1 aliphatic rings. The molecule has 1 atom stereocenters. The summed E-state index contributed by atoms with van der Waals surface area (Å²) < 4.78 is 5.84. The molecule has 0 aliphatic carbocycles. The minimum Gasteiger partial charge on any atom is -0.370 e. The molecule has 0 saturated carbocycles. The molecule has 1 unspecified atom stereocenters. The number of aromatic nitrogens is 2. The predicted molar refractivity (Wildman–Crippen MR) is 84.2 cm³/mol. The molecule has 8 heteroatoms. The number of nitrogen functional groups attached to an aromatic ring is 1. The molecular weight excluding hydrogens is 294 g/mol. The number of hydrogen-bond donors (Lipinski definition) is 2. The Labute approximate surface area is 133 Å². The third kappa shape index (κ3) is 2.95. The number of morpholine rings is 1. The Hall–Kier alpha value is -3.05. The highest BCUT2D eigenvalue weighted by Gasteiger charge is 2.25. The number of nitriles is 1. The van der Waals surface area contributed by atoms with Gasteiger partial charge in [-0.15, -0.1) is 5.10 Å². The molecular formula is C15H17N7O. The lowest BCUT2D eigenvalue weighted by Crippen LogP contribution is -2.41. The van der Waals surface area contributed by atoms with Crippen LogP contribution in [0.3, 0.4) is 0 Å². The van der Waals surface area contributed by atoms with E-state index in [-0.39, 0.29) is 6.10 Å². The Morgan fingerprint density at radius 1 is 1.30 bits per heavy atom. The van der Waals surface area contributed by atoms with E-state index in [1.165, 1.54) is 0 Å². The first-order valence-electron chi connectivity index (χ1n) is 7.18. The topological polar surface area (TPSA) is 118 Å². The maximum absolute atomic E-state index is 9.25. The van der Waals surface area contributed by atoms with Gasteiger partial charge in [-0.3, -0.25) is 0 Å². The van der Waals surface area contributed by atoms with Gasteiger partial charge in [0.25, 0.3) is 0 Å². The van der Waals surface area contributed by atoms with Crippen molar-refractivity contribution in [2.75, 3.05) is 30.4 Å². The first-order valence-corrected chi connectivity index (χ1v) is 7.18. The van der Waals surface area contributed by atoms with E-state index in [0.717, 1.165) is 10.4 Å². The second-order valence-corrected chi connectivity index (χ2v) is 5.13. The molecule has 2 aromatic rings. The molecule has 3 rings (SSSR count). The molecule has 1 aromatic heterocycles. The van der Waals surface area contributed by atoms with Crippen LogP contribution >= 0.6 is 0 Å². The highest BCUT2D eigenvalue weighted by molar-refractivity contribution is 5.42. The molecule has 8 nitrogen and oxygen atoms in total. The molecule has 0 amide bonds. The standard InChI is InChI=1S/C15H17N7O/c16-9-11-3-1-2-4-12(11)13-10-21(7-8-23-13)15-6-5-14(19-17)22(18)20-15/h1-6,13H,7-8,10,17-18H2/b19-14-. The second kappa shape index (κ2) is 6.37. The third-order valence-corrected chi connectivity index (χ3v) is 3.78. The van der Waals surface area contributed by atoms with Crippen LogP contribution in [-0.4, -0.2) is 29.6 Å². The number of hydrogen-bond acceptors (Lipinski definition) is 7. The number of ether oxygens (including phenoxy) is 1. The van der Waals surface area contributed by atoms with Gasteiger partial charge in [-0.05, 0) is 18.2 Å². The molecule has 118 valence electrons. The highest BCUT2D eigenvalue weighted by atomic mass is 16.5. The molecule has 23 heavy (non-hydrogen) atoms. The summed E-state index contributed by atoms with van der Waals surface area (Å²) in [7, 11) is 0. The van der Waals surface area contributed by atoms with Crippen molar-refractivity contribution in [3.05, 3.63) is 53.0 Å². The summed E-state index contributed by atoms with van der Waals surface area (Å²) in [6.45, 7) is 1.82. The van der Waals surface area contributed by atoms with Crippen LogP contribution in [0.1, 0.15) is 17.2 Å². The molecule has 1 aliphatic heterocycles. The van der Waals surface area contributed by atoms with Gasteiger partial charge in [0, 0.05) is 18.7 Å². The second-order valence-electron chi connectivity index (χ2n) is 5.13. The van der Waals surface area contributed by atoms with Crippen LogP contribution in [0.4, 0.5) is 5.82 Å². The van der Waals surface area contributed by atoms with Gasteiger partial charge in [-0.2, -0.15) is 15.2 Å². The molecule has 1 saturated heterocycles. The number of nitrogens with two attached hydrogens (primary N) is 2. The summed E-state index contributed by atoms with van der Waals surface area (Å²) in [6.07, 6.45) is -0.188. The van der Waals surface area contributed by atoms with Gasteiger partial charge in [0.1, 0.15) is 6.10 Å². The lowest BCUT2D eigenvalue weighted by molar-refractivity contribution is 0.0392. The van der Waals surface area contributed by atoms with Crippen molar-refractivity contribution in [2.24, 2.45) is 10.9 Å². The zero-order valence-corrected chi connectivity index (χ0v) is 12.5. The fourth-order valence-electron chi connectivity index (χ4n) is 2.62. The summed E-state index contributed by atoms with van der Waals surface area (Å²) in [5.41, 5.74) is 1.89. The maximum atomic E-state index is 9.25. The minimum absolute atomic E-state index is 0.188. The van der Waals surface area contributed by atoms with Crippen molar-refractivity contribution in [3.8, 4) is 6.07 Å². The number of rotatable bonds is 2. The Kier molecular flexibility index (Phi) is 4.12. The van der Waals surface area contributed by atoms with Crippen molar-refractivity contribution < 1.29 is 4.74 Å². The predicted octanol–water partition coefficient (Wildman–Crippen LogP) is -0.179. The third-order valence-electron chi connectivity index (χ3n) is 3.78. The fourth-order valence-corrected chi connectivity index (χ4v) is 2.62. The van der Waals surface area contributed by atoms with E-state index >= 15 is 0 Å². The van der Waals surface area contributed by atoms with Crippen LogP contribution in [0.5, 0.6) is 0 Å². The van der Waals surface area contributed by atoms with Crippen molar-refractivity contribution in [3.63, 3.8) is 0 Å². The van der Waals surface area contributed by atoms with E-state index in [9.17, 15) is 5.26 Å². The molecule has 4 N–H and O–H groups in total. The zero-order chi connectivity index (χ0) is 16.2. The lowest BCUT2D eigenvalue weighted by Gasteiger charge is -2.34. The summed E-state index contributed by atoms with van der Waals surface area (Å²) in [5, 5.41) is 17.1. The van der Waals surface area contributed by atoms with Crippen molar-refractivity contribution in [1.29, 1.82) is 5.26 Å². The van der Waals surface area contributed by atoms with Crippen molar-refractivity contribution in [2.45, 2.75) is 6.10 Å². The SMILES string of the molecule is N#Cc1ccccc1C1CN(c2cc/c(=N/N)n(N)n2)CCO1. The largest absolute Gasteiger partial charge is 0.370 e. The van der Waals surface area contributed by atoms with Crippen LogP contribution in [-0.2, 0) is 4.74 Å². The summed E-state index contributed by atoms with van der Waals surface area (Å²) in [6, 6.07) is 13.2. The van der Waals surface area contributed by atoms with Gasteiger partial charge in [0.2, 0.25) is 0 Å². The molecule has 1 aromatic carbocycles. The summed E-state index contributed by atoms with van der Waals surface area (Å²) in [5.74, 6) is 11.7. The quantitative estimate of drug-likeness (QED) is 0.586. The fraction of sp³-hybridized carbons (Fsp3) is 0.267. The molecule has 0 radical (unpaired) electrons. The Bertz CT molecular complexity index is 808. The first kappa shape index (κ1) is 14.9.